The van der Waals surface area contributed by atoms with E-state index < -0.39 is 0 Å². The fourth-order valence-electron chi connectivity index (χ4n) is 3.90. The summed E-state index contributed by atoms with van der Waals surface area (Å²) < 4.78 is 0. The number of benzene rings is 1. The summed E-state index contributed by atoms with van der Waals surface area (Å²) in [5.41, 5.74) is 5.13. The van der Waals surface area contributed by atoms with Crippen LogP contribution in [-0.2, 0) is 17.6 Å². The molecule has 5 nitrogen and oxygen atoms in total. The molecule has 4 rings (SSSR count). The molecule has 1 aliphatic carbocycles. The van der Waals surface area contributed by atoms with Crippen molar-refractivity contribution in [2.75, 3.05) is 11.1 Å². The molecule has 3 aromatic rings. The van der Waals surface area contributed by atoms with Crippen LogP contribution in [0.3, 0.4) is 0 Å². The first kappa shape index (κ1) is 21.1. The van der Waals surface area contributed by atoms with Gasteiger partial charge in [0.15, 0.2) is 0 Å². The molecule has 6 heteroatoms. The first-order valence-electron chi connectivity index (χ1n) is 10.5. The van der Waals surface area contributed by atoms with E-state index in [1.807, 2.05) is 31.2 Å². The molecule has 156 valence electrons. The van der Waals surface area contributed by atoms with Crippen molar-refractivity contribution in [3.63, 3.8) is 0 Å². The zero-order chi connectivity index (χ0) is 21.6. The molecule has 0 fully saturated rings. The Morgan fingerprint density at radius 1 is 1.26 bits per heavy atom. The molecule has 0 bridgehead atoms. The van der Waals surface area contributed by atoms with E-state index >= 15 is 0 Å². The summed E-state index contributed by atoms with van der Waals surface area (Å²) in [7, 11) is 0. The van der Waals surface area contributed by atoms with Gasteiger partial charge in [-0.25, -0.2) is 9.97 Å². The molecule has 1 unspecified atom stereocenters. The molecule has 2 aromatic heterocycles. The van der Waals surface area contributed by atoms with Crippen LogP contribution in [0.2, 0.25) is 0 Å². The number of aryl methyl sites for hydroxylation is 2. The largest absolute Gasteiger partial charge is 0.310 e. The molecular weight excluding hydrogens is 404 g/mol. The Balaban J connectivity index is 1.39. The SMILES string of the molecule is Cc1cccnc1NC(=O)CCSc1nc2c(cc1C#N)CC(c1ccccc1)CC2. The maximum absolute atomic E-state index is 12.3. The van der Waals surface area contributed by atoms with E-state index in [0.29, 0.717) is 29.5 Å². The van der Waals surface area contributed by atoms with E-state index in [1.54, 1.807) is 6.20 Å². The third-order valence-electron chi connectivity index (χ3n) is 5.58. The Hall–Kier alpha value is -3.17. The van der Waals surface area contributed by atoms with Crippen molar-refractivity contribution in [1.29, 1.82) is 5.26 Å². The number of nitrogens with one attached hydrogen (secondary N) is 1. The predicted molar refractivity (Wildman–Crippen MR) is 123 cm³/mol. The van der Waals surface area contributed by atoms with Crippen LogP contribution < -0.4 is 5.32 Å². The molecule has 1 N–H and O–H groups in total. The van der Waals surface area contributed by atoms with Gasteiger partial charge in [-0.2, -0.15) is 5.26 Å². The molecule has 1 amide bonds. The number of anilines is 1. The Bertz CT molecular complexity index is 1120. The fraction of sp³-hybridized carbons (Fsp3) is 0.280. The third-order valence-corrected chi connectivity index (χ3v) is 6.57. The normalized spacial score (nSPS) is 15.0. The van der Waals surface area contributed by atoms with Gasteiger partial charge in [-0.15, -0.1) is 11.8 Å². The van der Waals surface area contributed by atoms with E-state index in [0.717, 1.165) is 35.5 Å². The second-order valence-corrected chi connectivity index (χ2v) is 8.81. The van der Waals surface area contributed by atoms with Crippen LogP contribution in [0.15, 0.2) is 59.8 Å². The standard InChI is InChI=1S/C25H24N4OS/c1-17-6-5-12-27-24(17)29-23(30)11-13-31-25-21(16-26)15-20-14-19(9-10-22(20)28-25)18-7-3-2-4-8-18/h2-8,12,15,19H,9-11,13-14H2,1H3,(H,27,29,30). The van der Waals surface area contributed by atoms with E-state index in [1.165, 1.54) is 22.9 Å². The van der Waals surface area contributed by atoms with Crippen molar-refractivity contribution in [2.24, 2.45) is 0 Å². The molecule has 2 heterocycles. The number of nitrogens with zero attached hydrogens (tertiary/aromatic N) is 3. The zero-order valence-electron chi connectivity index (χ0n) is 17.5. The fourth-order valence-corrected chi connectivity index (χ4v) is 4.81. The number of hydrogen-bond donors (Lipinski definition) is 1. The van der Waals surface area contributed by atoms with E-state index in [2.05, 4.69) is 40.6 Å². The minimum atomic E-state index is -0.0866. The van der Waals surface area contributed by atoms with Gasteiger partial charge in [-0.1, -0.05) is 36.4 Å². The molecule has 0 radical (unpaired) electrons. The lowest BCUT2D eigenvalue weighted by atomic mass is 9.82. The van der Waals surface area contributed by atoms with Gasteiger partial charge < -0.3 is 5.32 Å². The van der Waals surface area contributed by atoms with Gasteiger partial charge in [0.25, 0.3) is 0 Å². The summed E-state index contributed by atoms with van der Waals surface area (Å²) in [6, 6.07) is 18.6. The number of carbonyl (C=O) groups excluding carboxylic acids is 1. The van der Waals surface area contributed by atoms with Gasteiger partial charge in [-0.05, 0) is 60.9 Å². The van der Waals surface area contributed by atoms with Crippen LogP contribution in [0.1, 0.15) is 46.7 Å². The monoisotopic (exact) mass is 428 g/mol. The van der Waals surface area contributed by atoms with Crippen molar-refractivity contribution in [3.05, 3.63) is 82.7 Å². The Morgan fingerprint density at radius 2 is 2.10 bits per heavy atom. The first-order chi connectivity index (χ1) is 15.1. The first-order valence-corrected chi connectivity index (χ1v) is 11.4. The van der Waals surface area contributed by atoms with Crippen LogP contribution in [0.5, 0.6) is 0 Å². The number of rotatable bonds is 6. The molecule has 0 saturated carbocycles. The Kier molecular flexibility index (Phi) is 6.63. The Morgan fingerprint density at radius 3 is 2.87 bits per heavy atom. The van der Waals surface area contributed by atoms with E-state index in [-0.39, 0.29) is 5.91 Å². The lowest BCUT2D eigenvalue weighted by Crippen LogP contribution is -2.16. The van der Waals surface area contributed by atoms with Crippen molar-refractivity contribution in [2.45, 2.75) is 43.6 Å². The summed E-state index contributed by atoms with van der Waals surface area (Å²) in [5, 5.41) is 13.2. The minimum absolute atomic E-state index is 0.0866. The third kappa shape index (κ3) is 5.12. The number of carbonyl (C=O) groups is 1. The number of hydrogen-bond acceptors (Lipinski definition) is 5. The van der Waals surface area contributed by atoms with Gasteiger partial charge in [0.1, 0.15) is 16.9 Å². The van der Waals surface area contributed by atoms with Crippen molar-refractivity contribution >= 4 is 23.5 Å². The number of fused-ring (bicyclic) bond motifs is 1. The number of pyridine rings is 2. The average Bonchev–Trinajstić information content (AvgIpc) is 2.80. The van der Waals surface area contributed by atoms with E-state index in [4.69, 9.17) is 4.98 Å². The molecule has 0 aliphatic heterocycles. The highest BCUT2D eigenvalue weighted by molar-refractivity contribution is 7.99. The molecule has 0 spiro atoms. The summed E-state index contributed by atoms with van der Waals surface area (Å²) >= 11 is 1.47. The number of amides is 1. The van der Waals surface area contributed by atoms with Crippen molar-refractivity contribution < 1.29 is 4.79 Å². The maximum atomic E-state index is 12.3. The zero-order valence-corrected chi connectivity index (χ0v) is 18.3. The second kappa shape index (κ2) is 9.76. The van der Waals surface area contributed by atoms with Gasteiger partial charge in [0.2, 0.25) is 5.91 Å². The number of aromatic nitrogens is 2. The molecule has 31 heavy (non-hydrogen) atoms. The van der Waals surface area contributed by atoms with Crippen molar-refractivity contribution in [1.82, 2.24) is 9.97 Å². The average molecular weight is 429 g/mol. The van der Waals surface area contributed by atoms with Crippen LogP contribution >= 0.6 is 11.8 Å². The van der Waals surface area contributed by atoms with E-state index in [9.17, 15) is 10.1 Å². The maximum Gasteiger partial charge on any atom is 0.226 e. The summed E-state index contributed by atoms with van der Waals surface area (Å²) in [5.74, 6) is 1.54. The molecule has 1 aromatic carbocycles. The molecular formula is C25H24N4OS. The topological polar surface area (TPSA) is 78.7 Å². The van der Waals surface area contributed by atoms with Gasteiger partial charge >= 0.3 is 0 Å². The highest BCUT2D eigenvalue weighted by atomic mass is 32.2. The highest BCUT2D eigenvalue weighted by Crippen LogP contribution is 2.34. The lowest BCUT2D eigenvalue weighted by molar-refractivity contribution is -0.115. The molecule has 1 aliphatic rings. The highest BCUT2D eigenvalue weighted by Gasteiger charge is 2.23. The quantitative estimate of drug-likeness (QED) is 0.556. The summed E-state index contributed by atoms with van der Waals surface area (Å²) in [6.07, 6.45) is 4.88. The predicted octanol–water partition coefficient (Wildman–Crippen LogP) is 5.05. The second-order valence-electron chi connectivity index (χ2n) is 7.72. The Labute approximate surface area is 186 Å². The number of nitriles is 1. The van der Waals surface area contributed by atoms with Gasteiger partial charge in [0, 0.05) is 24.1 Å². The smallest absolute Gasteiger partial charge is 0.226 e. The molecule has 0 saturated heterocycles. The van der Waals surface area contributed by atoms with Crippen LogP contribution in [0, 0.1) is 18.3 Å². The number of thioether (sulfide) groups is 1. The van der Waals surface area contributed by atoms with Crippen LogP contribution in [0.4, 0.5) is 5.82 Å². The summed E-state index contributed by atoms with van der Waals surface area (Å²) in [6.45, 7) is 1.91. The van der Waals surface area contributed by atoms with Gasteiger partial charge in [0.05, 0.1) is 5.56 Å². The van der Waals surface area contributed by atoms with Crippen LogP contribution in [0.25, 0.3) is 0 Å². The molecule has 1 atom stereocenters. The minimum Gasteiger partial charge on any atom is -0.310 e. The van der Waals surface area contributed by atoms with Crippen LogP contribution in [-0.4, -0.2) is 21.6 Å². The van der Waals surface area contributed by atoms with Gasteiger partial charge in [-0.3, -0.25) is 4.79 Å². The summed E-state index contributed by atoms with van der Waals surface area (Å²) in [4.78, 5) is 21.3. The van der Waals surface area contributed by atoms with Crippen molar-refractivity contribution in [3.8, 4) is 6.07 Å². The lowest BCUT2D eigenvalue weighted by Gasteiger charge is -2.25.